The third kappa shape index (κ3) is 6.71. The van der Waals surface area contributed by atoms with Gasteiger partial charge < -0.3 is 11.1 Å². The van der Waals surface area contributed by atoms with Crippen molar-refractivity contribution >= 4 is 24.0 Å². The number of rotatable bonds is 8. The molecule has 3 N–H and O–H groups in total. The minimum Gasteiger partial charge on any atom is -0.329 e. The predicted molar refractivity (Wildman–Crippen MR) is 102 cm³/mol. The third-order valence-electron chi connectivity index (χ3n) is 3.73. The summed E-state index contributed by atoms with van der Waals surface area (Å²) in [5.41, 5.74) is 9.07. The molecule has 0 fully saturated rings. The molecule has 0 saturated carbocycles. The minimum absolute atomic E-state index is 0. The second-order valence-electron chi connectivity index (χ2n) is 5.64. The fraction of sp³-hybridized carbons (Fsp3) is 0.316. The summed E-state index contributed by atoms with van der Waals surface area (Å²) in [6, 6.07) is 18.4. The zero-order chi connectivity index (χ0) is 16.5. The first-order valence-corrected chi connectivity index (χ1v) is 8.01. The second kappa shape index (κ2) is 10.8. The Kier molecular flexibility index (Phi) is 9.08. The topological polar surface area (TPSA) is 58.4 Å². The molecule has 4 nitrogen and oxygen atoms in total. The number of nitrogens with one attached hydrogen (secondary N) is 1. The number of nitrogens with zero attached hydrogens (tertiary/aromatic N) is 1. The van der Waals surface area contributed by atoms with Gasteiger partial charge >= 0.3 is 0 Å². The van der Waals surface area contributed by atoms with Crippen LogP contribution in [0.3, 0.4) is 0 Å². The molecule has 0 radical (unpaired) electrons. The van der Waals surface area contributed by atoms with Crippen LogP contribution in [0.2, 0.25) is 0 Å². The molecule has 0 unspecified atom stereocenters. The molecule has 2 aromatic rings. The molecular formula is C19H26ClN3O. The van der Waals surface area contributed by atoms with Gasteiger partial charge in [-0.1, -0.05) is 48.5 Å². The molecule has 0 saturated heterocycles. The predicted octanol–water partition coefficient (Wildman–Crippen LogP) is 3.07. The van der Waals surface area contributed by atoms with Crippen LogP contribution in [0.4, 0.5) is 5.69 Å². The highest BCUT2D eigenvalue weighted by atomic mass is 35.5. The van der Waals surface area contributed by atoms with Gasteiger partial charge in [-0.15, -0.1) is 12.4 Å². The van der Waals surface area contributed by atoms with Crippen LogP contribution in [0.25, 0.3) is 0 Å². The van der Waals surface area contributed by atoms with Crippen LogP contribution < -0.4 is 11.1 Å². The molecule has 24 heavy (non-hydrogen) atoms. The number of carbonyl (C=O) groups is 1. The van der Waals surface area contributed by atoms with E-state index < -0.39 is 0 Å². The Balaban J connectivity index is 0.00000288. The molecule has 0 spiro atoms. The molecule has 5 heteroatoms. The van der Waals surface area contributed by atoms with Gasteiger partial charge in [0.15, 0.2) is 0 Å². The normalized spacial score (nSPS) is 10.3. The van der Waals surface area contributed by atoms with E-state index in [-0.39, 0.29) is 18.3 Å². The summed E-state index contributed by atoms with van der Waals surface area (Å²) in [5.74, 6) is -0.0490. The van der Waals surface area contributed by atoms with Gasteiger partial charge in [-0.05, 0) is 23.6 Å². The Bertz CT molecular complexity index is 619. The van der Waals surface area contributed by atoms with E-state index in [0.29, 0.717) is 6.54 Å². The number of anilines is 1. The maximum Gasteiger partial charge on any atom is 0.221 e. The van der Waals surface area contributed by atoms with Crippen molar-refractivity contribution in [3.05, 3.63) is 65.7 Å². The van der Waals surface area contributed by atoms with Crippen LogP contribution in [0.15, 0.2) is 54.6 Å². The van der Waals surface area contributed by atoms with Crippen molar-refractivity contribution in [3.8, 4) is 0 Å². The molecule has 0 aromatic heterocycles. The Morgan fingerprint density at radius 2 is 1.71 bits per heavy atom. The number of nitrogens with two attached hydrogens (primary N) is 1. The molecule has 0 bridgehead atoms. The lowest BCUT2D eigenvalue weighted by Crippen LogP contribution is -2.31. The van der Waals surface area contributed by atoms with Crippen molar-refractivity contribution in [2.75, 3.05) is 25.0 Å². The quantitative estimate of drug-likeness (QED) is 0.771. The monoisotopic (exact) mass is 347 g/mol. The number of para-hydroxylation sites is 1. The molecule has 2 rings (SSSR count). The number of amides is 1. The van der Waals surface area contributed by atoms with Gasteiger partial charge in [-0.3, -0.25) is 9.69 Å². The average Bonchev–Trinajstić information content (AvgIpc) is 2.55. The van der Waals surface area contributed by atoms with Crippen molar-refractivity contribution in [1.82, 2.24) is 4.90 Å². The van der Waals surface area contributed by atoms with Crippen molar-refractivity contribution in [1.29, 1.82) is 0 Å². The molecule has 0 atom stereocenters. The number of halogens is 1. The summed E-state index contributed by atoms with van der Waals surface area (Å²) in [4.78, 5) is 13.7. The molecular weight excluding hydrogens is 322 g/mol. The third-order valence-corrected chi connectivity index (χ3v) is 3.73. The van der Waals surface area contributed by atoms with Gasteiger partial charge in [-0.2, -0.15) is 0 Å². The van der Waals surface area contributed by atoms with E-state index in [1.807, 2.05) is 24.3 Å². The van der Waals surface area contributed by atoms with E-state index in [1.54, 1.807) is 0 Å². The van der Waals surface area contributed by atoms with Crippen LogP contribution in [0.1, 0.15) is 18.1 Å². The number of hydrogen-bond donors (Lipinski definition) is 2. The van der Waals surface area contributed by atoms with E-state index in [4.69, 9.17) is 5.73 Å². The summed E-state index contributed by atoms with van der Waals surface area (Å²) < 4.78 is 0. The standard InChI is InChI=1S/C19H25N3O.ClH/c1-16(23)21-19-10-6-5-9-18(19)15-22(14-12-20)13-11-17-7-3-2-4-8-17;/h2-10H,11-15,20H2,1H3,(H,21,23);1H. The van der Waals surface area contributed by atoms with Crippen LogP contribution in [0, 0.1) is 0 Å². The Hall–Kier alpha value is -1.88. The molecule has 0 aliphatic rings. The van der Waals surface area contributed by atoms with Gasteiger partial charge in [0.25, 0.3) is 0 Å². The highest BCUT2D eigenvalue weighted by Gasteiger charge is 2.09. The van der Waals surface area contributed by atoms with E-state index in [2.05, 4.69) is 40.5 Å². The maximum atomic E-state index is 11.3. The smallest absolute Gasteiger partial charge is 0.221 e. The highest BCUT2D eigenvalue weighted by molar-refractivity contribution is 5.89. The maximum absolute atomic E-state index is 11.3. The molecule has 1 amide bonds. The van der Waals surface area contributed by atoms with Gasteiger partial charge in [0.2, 0.25) is 5.91 Å². The minimum atomic E-state index is -0.0490. The summed E-state index contributed by atoms with van der Waals surface area (Å²) in [7, 11) is 0. The van der Waals surface area contributed by atoms with Gasteiger partial charge in [0.05, 0.1) is 0 Å². The first-order chi connectivity index (χ1) is 11.2. The van der Waals surface area contributed by atoms with Crippen molar-refractivity contribution < 1.29 is 4.79 Å². The summed E-state index contributed by atoms with van der Waals surface area (Å²) in [6.45, 7) is 4.71. The summed E-state index contributed by atoms with van der Waals surface area (Å²) >= 11 is 0. The first kappa shape index (κ1) is 20.2. The largest absolute Gasteiger partial charge is 0.329 e. The van der Waals surface area contributed by atoms with Crippen LogP contribution in [0.5, 0.6) is 0 Å². The lowest BCUT2D eigenvalue weighted by Gasteiger charge is -2.23. The Labute approximate surface area is 150 Å². The lowest BCUT2D eigenvalue weighted by atomic mass is 10.1. The summed E-state index contributed by atoms with van der Waals surface area (Å²) in [6.07, 6.45) is 0.989. The number of hydrogen-bond acceptors (Lipinski definition) is 3. The van der Waals surface area contributed by atoms with Gasteiger partial charge in [-0.25, -0.2) is 0 Å². The molecule has 130 valence electrons. The zero-order valence-electron chi connectivity index (χ0n) is 14.1. The zero-order valence-corrected chi connectivity index (χ0v) is 14.9. The lowest BCUT2D eigenvalue weighted by molar-refractivity contribution is -0.114. The van der Waals surface area contributed by atoms with E-state index in [9.17, 15) is 4.79 Å². The molecule has 0 aliphatic carbocycles. The van der Waals surface area contributed by atoms with Crippen LogP contribution in [-0.2, 0) is 17.8 Å². The van der Waals surface area contributed by atoms with E-state index >= 15 is 0 Å². The fourth-order valence-corrected chi connectivity index (χ4v) is 2.60. The van der Waals surface area contributed by atoms with Crippen molar-refractivity contribution in [2.24, 2.45) is 5.73 Å². The first-order valence-electron chi connectivity index (χ1n) is 8.01. The Morgan fingerprint density at radius 3 is 2.38 bits per heavy atom. The van der Waals surface area contributed by atoms with E-state index in [0.717, 1.165) is 37.3 Å². The highest BCUT2D eigenvalue weighted by Crippen LogP contribution is 2.17. The summed E-state index contributed by atoms with van der Waals surface area (Å²) in [5, 5.41) is 2.90. The van der Waals surface area contributed by atoms with Crippen molar-refractivity contribution in [3.63, 3.8) is 0 Å². The second-order valence-corrected chi connectivity index (χ2v) is 5.64. The molecule has 2 aromatic carbocycles. The average molecular weight is 348 g/mol. The van der Waals surface area contributed by atoms with Crippen molar-refractivity contribution in [2.45, 2.75) is 19.9 Å². The SMILES string of the molecule is CC(=O)Nc1ccccc1CN(CCN)CCc1ccccc1.Cl. The van der Waals surface area contributed by atoms with Gasteiger partial charge in [0.1, 0.15) is 0 Å². The van der Waals surface area contributed by atoms with Crippen LogP contribution >= 0.6 is 12.4 Å². The Morgan fingerprint density at radius 1 is 1.04 bits per heavy atom. The van der Waals surface area contributed by atoms with Crippen LogP contribution in [-0.4, -0.2) is 30.4 Å². The van der Waals surface area contributed by atoms with E-state index in [1.165, 1.54) is 12.5 Å². The number of carbonyl (C=O) groups excluding carboxylic acids is 1. The molecule has 0 heterocycles. The number of benzene rings is 2. The molecule has 0 aliphatic heterocycles. The fourth-order valence-electron chi connectivity index (χ4n) is 2.60. The van der Waals surface area contributed by atoms with Gasteiger partial charge in [0, 0.05) is 38.8 Å².